The zero-order valence-electron chi connectivity index (χ0n) is 13.7. The van der Waals surface area contributed by atoms with Crippen molar-refractivity contribution in [1.82, 2.24) is 0 Å². The van der Waals surface area contributed by atoms with E-state index in [1.165, 1.54) is 25.7 Å². The minimum absolute atomic E-state index is 0.657. The molecule has 3 nitrogen and oxygen atoms in total. The van der Waals surface area contributed by atoms with Gasteiger partial charge in [-0.3, -0.25) is 0 Å². The molecule has 0 amide bonds. The molecule has 0 saturated heterocycles. The lowest BCUT2D eigenvalue weighted by Crippen LogP contribution is -2.20. The summed E-state index contributed by atoms with van der Waals surface area (Å²) < 4.78 is 11.3. The minimum Gasteiger partial charge on any atom is -0.490 e. The third-order valence-electron chi connectivity index (χ3n) is 4.27. The summed E-state index contributed by atoms with van der Waals surface area (Å²) in [4.78, 5) is 0. The molecule has 0 heterocycles. The van der Waals surface area contributed by atoms with Crippen LogP contribution in [-0.2, 0) is 0 Å². The van der Waals surface area contributed by atoms with Gasteiger partial charge < -0.3 is 14.8 Å². The molecule has 1 saturated carbocycles. The fourth-order valence-electron chi connectivity index (χ4n) is 2.96. The van der Waals surface area contributed by atoms with Crippen LogP contribution in [0, 0.1) is 11.8 Å². The lowest BCUT2D eigenvalue weighted by Gasteiger charge is -2.26. The Labute approximate surface area is 129 Å². The van der Waals surface area contributed by atoms with Gasteiger partial charge in [-0.15, -0.1) is 0 Å². The second kappa shape index (κ2) is 8.16. The lowest BCUT2D eigenvalue weighted by molar-refractivity contribution is 0.287. The van der Waals surface area contributed by atoms with Gasteiger partial charge in [-0.2, -0.15) is 0 Å². The largest absolute Gasteiger partial charge is 0.490 e. The molecule has 21 heavy (non-hydrogen) atoms. The number of hydrogen-bond acceptors (Lipinski definition) is 3. The zero-order valence-corrected chi connectivity index (χ0v) is 13.7. The van der Waals surface area contributed by atoms with Crippen LogP contribution in [-0.4, -0.2) is 19.8 Å². The van der Waals surface area contributed by atoms with Crippen molar-refractivity contribution in [3.8, 4) is 11.5 Å². The molecule has 1 aromatic rings. The zero-order chi connectivity index (χ0) is 15.1. The van der Waals surface area contributed by atoms with E-state index in [-0.39, 0.29) is 0 Å². The van der Waals surface area contributed by atoms with Crippen LogP contribution in [0.15, 0.2) is 18.2 Å². The third-order valence-corrected chi connectivity index (χ3v) is 4.27. The van der Waals surface area contributed by atoms with Crippen LogP contribution in [0.4, 0.5) is 5.69 Å². The van der Waals surface area contributed by atoms with Crippen molar-refractivity contribution in [2.75, 3.05) is 25.1 Å². The third kappa shape index (κ3) is 4.83. The summed E-state index contributed by atoms with van der Waals surface area (Å²) in [7, 11) is 0. The van der Waals surface area contributed by atoms with Crippen molar-refractivity contribution in [3.63, 3.8) is 0 Å². The Morgan fingerprint density at radius 1 is 1.00 bits per heavy atom. The molecule has 1 fully saturated rings. The Morgan fingerprint density at radius 3 is 2.33 bits per heavy atom. The van der Waals surface area contributed by atoms with Gasteiger partial charge in [0.2, 0.25) is 0 Å². The Hall–Kier alpha value is -1.38. The number of anilines is 1. The summed E-state index contributed by atoms with van der Waals surface area (Å²) in [5.74, 6) is 3.39. The molecule has 1 aliphatic carbocycles. The molecular formula is C18H29NO2. The summed E-state index contributed by atoms with van der Waals surface area (Å²) in [6, 6.07) is 6.14. The molecule has 0 aliphatic heterocycles. The van der Waals surface area contributed by atoms with E-state index in [1.54, 1.807) is 0 Å². The Balaban J connectivity index is 1.92. The number of rotatable bonds is 7. The summed E-state index contributed by atoms with van der Waals surface area (Å²) in [6.07, 6.45) is 5.45. The minimum atomic E-state index is 0.657. The Kier molecular flexibility index (Phi) is 6.21. The second-order valence-electron chi connectivity index (χ2n) is 6.03. The number of nitrogens with one attached hydrogen (secondary N) is 1. The van der Waals surface area contributed by atoms with E-state index in [4.69, 9.17) is 9.47 Å². The van der Waals surface area contributed by atoms with Gasteiger partial charge in [0.15, 0.2) is 11.5 Å². The topological polar surface area (TPSA) is 30.5 Å². The fraction of sp³-hybridized carbons (Fsp3) is 0.667. The highest BCUT2D eigenvalue weighted by Gasteiger charge is 2.18. The van der Waals surface area contributed by atoms with E-state index >= 15 is 0 Å². The molecule has 0 spiro atoms. The van der Waals surface area contributed by atoms with Gasteiger partial charge in [0, 0.05) is 18.3 Å². The number of ether oxygens (including phenoxy) is 2. The van der Waals surface area contributed by atoms with Gasteiger partial charge in [-0.1, -0.05) is 19.8 Å². The van der Waals surface area contributed by atoms with Gasteiger partial charge in [-0.25, -0.2) is 0 Å². The van der Waals surface area contributed by atoms with E-state index in [0.717, 1.165) is 35.6 Å². The summed E-state index contributed by atoms with van der Waals surface area (Å²) >= 11 is 0. The monoisotopic (exact) mass is 291 g/mol. The molecule has 1 aliphatic rings. The first-order chi connectivity index (χ1) is 10.2. The van der Waals surface area contributed by atoms with E-state index in [9.17, 15) is 0 Å². The van der Waals surface area contributed by atoms with Crippen LogP contribution >= 0.6 is 0 Å². The normalized spacial score (nSPS) is 21.9. The molecular weight excluding hydrogens is 262 g/mol. The molecule has 1 N–H and O–H groups in total. The highest BCUT2D eigenvalue weighted by molar-refractivity contribution is 5.54. The van der Waals surface area contributed by atoms with E-state index in [1.807, 2.05) is 19.9 Å². The molecule has 0 atom stereocenters. The SMILES string of the molecule is CCOc1ccc(NCC2CCC(C)CC2)cc1OCC. The Bertz CT molecular complexity index is 425. The van der Waals surface area contributed by atoms with Crippen LogP contribution in [0.1, 0.15) is 46.5 Å². The van der Waals surface area contributed by atoms with Crippen molar-refractivity contribution in [2.24, 2.45) is 11.8 Å². The van der Waals surface area contributed by atoms with E-state index < -0.39 is 0 Å². The maximum atomic E-state index is 5.67. The average Bonchev–Trinajstić information content (AvgIpc) is 2.49. The van der Waals surface area contributed by atoms with Crippen LogP contribution in [0.2, 0.25) is 0 Å². The first kappa shape index (κ1) is 16.0. The quantitative estimate of drug-likeness (QED) is 0.788. The summed E-state index contributed by atoms with van der Waals surface area (Å²) in [6.45, 7) is 8.73. The highest BCUT2D eigenvalue weighted by atomic mass is 16.5. The standard InChI is InChI=1S/C18H29NO2/c1-4-20-17-11-10-16(12-18(17)21-5-2)19-13-15-8-6-14(3)7-9-15/h10-12,14-15,19H,4-9,13H2,1-3H3. The van der Waals surface area contributed by atoms with Crippen molar-refractivity contribution in [3.05, 3.63) is 18.2 Å². The predicted octanol–water partition coefficient (Wildman–Crippen LogP) is 4.72. The van der Waals surface area contributed by atoms with Gasteiger partial charge in [-0.05, 0) is 50.7 Å². The molecule has 0 unspecified atom stereocenters. The lowest BCUT2D eigenvalue weighted by atomic mass is 9.83. The van der Waals surface area contributed by atoms with Crippen molar-refractivity contribution >= 4 is 5.69 Å². The average molecular weight is 291 g/mol. The van der Waals surface area contributed by atoms with Crippen molar-refractivity contribution < 1.29 is 9.47 Å². The Morgan fingerprint density at radius 2 is 1.67 bits per heavy atom. The maximum absolute atomic E-state index is 5.67. The van der Waals surface area contributed by atoms with Crippen molar-refractivity contribution in [1.29, 1.82) is 0 Å². The van der Waals surface area contributed by atoms with Crippen molar-refractivity contribution in [2.45, 2.75) is 46.5 Å². The number of benzene rings is 1. The molecule has 0 bridgehead atoms. The molecule has 0 aromatic heterocycles. The smallest absolute Gasteiger partial charge is 0.163 e. The van der Waals surface area contributed by atoms with Gasteiger partial charge >= 0.3 is 0 Å². The van der Waals surface area contributed by atoms with Crippen LogP contribution < -0.4 is 14.8 Å². The van der Waals surface area contributed by atoms with E-state index in [2.05, 4.69) is 24.4 Å². The summed E-state index contributed by atoms with van der Waals surface area (Å²) in [5.41, 5.74) is 1.13. The van der Waals surface area contributed by atoms with E-state index in [0.29, 0.717) is 13.2 Å². The highest BCUT2D eigenvalue weighted by Crippen LogP contribution is 2.32. The van der Waals surface area contributed by atoms with Crippen LogP contribution in [0.5, 0.6) is 11.5 Å². The fourth-order valence-corrected chi connectivity index (χ4v) is 2.96. The van der Waals surface area contributed by atoms with Crippen LogP contribution in [0.25, 0.3) is 0 Å². The number of hydrogen-bond donors (Lipinski definition) is 1. The second-order valence-corrected chi connectivity index (χ2v) is 6.03. The molecule has 118 valence electrons. The summed E-state index contributed by atoms with van der Waals surface area (Å²) in [5, 5.41) is 3.56. The van der Waals surface area contributed by atoms with Gasteiger partial charge in [0.1, 0.15) is 0 Å². The maximum Gasteiger partial charge on any atom is 0.163 e. The molecule has 2 rings (SSSR count). The molecule has 3 heteroatoms. The van der Waals surface area contributed by atoms with Crippen LogP contribution in [0.3, 0.4) is 0 Å². The molecule has 1 aromatic carbocycles. The first-order valence-corrected chi connectivity index (χ1v) is 8.36. The molecule has 0 radical (unpaired) electrons. The van der Waals surface area contributed by atoms with Gasteiger partial charge in [0.05, 0.1) is 13.2 Å². The first-order valence-electron chi connectivity index (χ1n) is 8.36. The van der Waals surface area contributed by atoms with Gasteiger partial charge in [0.25, 0.3) is 0 Å². The predicted molar refractivity (Wildman–Crippen MR) is 88.4 cm³/mol.